The number of aryl methyl sites for hydroxylation is 1. The number of aromatic nitrogens is 4. The molecule has 2 heterocycles. The van der Waals surface area contributed by atoms with E-state index in [1.807, 2.05) is 84.3 Å². The van der Waals surface area contributed by atoms with Crippen LogP contribution in [0, 0.1) is 6.92 Å². The van der Waals surface area contributed by atoms with Crippen molar-refractivity contribution in [2.45, 2.75) is 12.1 Å². The first-order valence-electron chi connectivity index (χ1n) is 11.1. The molecular formula is C27H24N4O3S. The van der Waals surface area contributed by atoms with Crippen LogP contribution in [0.1, 0.15) is 16.1 Å². The van der Waals surface area contributed by atoms with E-state index >= 15 is 0 Å². The predicted molar refractivity (Wildman–Crippen MR) is 138 cm³/mol. The number of carbonyl (C=O) groups is 1. The van der Waals surface area contributed by atoms with Crippen molar-refractivity contribution in [2.24, 2.45) is 0 Å². The molecule has 35 heavy (non-hydrogen) atoms. The quantitative estimate of drug-likeness (QED) is 0.224. The van der Waals surface area contributed by atoms with Crippen molar-refractivity contribution in [3.8, 4) is 28.6 Å². The van der Waals surface area contributed by atoms with Gasteiger partial charge in [-0.25, -0.2) is 0 Å². The molecule has 0 saturated carbocycles. The van der Waals surface area contributed by atoms with Crippen LogP contribution < -0.4 is 9.47 Å². The summed E-state index contributed by atoms with van der Waals surface area (Å²) in [5.41, 5.74) is 4.26. The highest BCUT2D eigenvalue weighted by Gasteiger charge is 2.21. The molecule has 7 nitrogen and oxygen atoms in total. The minimum Gasteiger partial charge on any atom is -0.493 e. The minimum atomic E-state index is 0.0353. The molecule has 0 unspecified atom stereocenters. The Balaban J connectivity index is 1.53. The number of thioether (sulfide) groups is 1. The molecule has 0 saturated heterocycles. The van der Waals surface area contributed by atoms with Gasteiger partial charge in [-0.3, -0.25) is 9.36 Å². The van der Waals surface area contributed by atoms with Gasteiger partial charge < -0.3 is 14.5 Å². The van der Waals surface area contributed by atoms with E-state index in [0.29, 0.717) is 28.0 Å². The Morgan fingerprint density at radius 1 is 0.943 bits per heavy atom. The summed E-state index contributed by atoms with van der Waals surface area (Å²) >= 11 is 1.36. The molecule has 176 valence electrons. The lowest BCUT2D eigenvalue weighted by atomic mass is 10.1. The highest BCUT2D eigenvalue weighted by molar-refractivity contribution is 7.99. The largest absolute Gasteiger partial charge is 0.493 e. The van der Waals surface area contributed by atoms with Gasteiger partial charge in [-0.05, 0) is 25.1 Å². The predicted octanol–water partition coefficient (Wildman–Crippen LogP) is 5.72. The molecule has 8 heteroatoms. The summed E-state index contributed by atoms with van der Waals surface area (Å²) in [7, 11) is 3.20. The number of methoxy groups -OCH3 is 2. The lowest BCUT2D eigenvalue weighted by molar-refractivity contribution is 0.102. The second kappa shape index (κ2) is 9.68. The Morgan fingerprint density at radius 3 is 2.46 bits per heavy atom. The second-order valence-electron chi connectivity index (χ2n) is 7.93. The van der Waals surface area contributed by atoms with Gasteiger partial charge in [0.05, 0.1) is 25.7 Å². The number of aromatic amines is 1. The third kappa shape index (κ3) is 4.28. The zero-order chi connectivity index (χ0) is 24.4. The number of nitrogens with zero attached hydrogens (tertiary/aromatic N) is 3. The molecule has 5 aromatic rings. The molecule has 1 N–H and O–H groups in total. The van der Waals surface area contributed by atoms with E-state index in [4.69, 9.17) is 9.47 Å². The lowest BCUT2D eigenvalue weighted by Crippen LogP contribution is -2.06. The first kappa shape index (κ1) is 22.7. The fourth-order valence-electron chi connectivity index (χ4n) is 4.17. The minimum absolute atomic E-state index is 0.0353. The number of rotatable bonds is 8. The molecule has 0 aliphatic carbocycles. The highest BCUT2D eigenvalue weighted by atomic mass is 32.2. The third-order valence-electron chi connectivity index (χ3n) is 5.80. The number of hydrogen-bond donors (Lipinski definition) is 1. The number of H-pyrrole nitrogens is 1. The standard InChI is InChI=1S/C27H24N4O3S/c1-17-25(20-11-7-8-12-21(20)28-17)22(32)16-35-27-30-29-26(18-9-5-4-6-10-18)31(27)19-13-14-23(33-2)24(15-19)34-3/h4-15,28H,16H2,1-3H3. The molecular weight excluding hydrogens is 460 g/mol. The number of hydrogen-bond acceptors (Lipinski definition) is 6. The maximum absolute atomic E-state index is 13.3. The van der Waals surface area contributed by atoms with E-state index in [1.54, 1.807) is 14.2 Å². The Kier molecular flexibility index (Phi) is 6.29. The third-order valence-corrected chi connectivity index (χ3v) is 6.72. The highest BCUT2D eigenvalue weighted by Crippen LogP contribution is 2.34. The van der Waals surface area contributed by atoms with E-state index in [0.717, 1.165) is 27.8 Å². The van der Waals surface area contributed by atoms with E-state index in [9.17, 15) is 4.79 Å². The van der Waals surface area contributed by atoms with Gasteiger partial charge in [0.2, 0.25) is 0 Å². The molecule has 0 atom stereocenters. The maximum Gasteiger partial charge on any atom is 0.196 e. The van der Waals surface area contributed by atoms with Crippen molar-refractivity contribution in [1.29, 1.82) is 0 Å². The molecule has 0 aliphatic heterocycles. The van der Waals surface area contributed by atoms with Gasteiger partial charge in [-0.2, -0.15) is 0 Å². The molecule has 0 aliphatic rings. The monoisotopic (exact) mass is 484 g/mol. The summed E-state index contributed by atoms with van der Waals surface area (Å²) in [5.74, 6) is 2.16. The van der Waals surface area contributed by atoms with Gasteiger partial charge in [0, 0.05) is 33.8 Å². The van der Waals surface area contributed by atoms with Crippen LogP contribution in [-0.4, -0.2) is 45.5 Å². The zero-order valence-corrected chi connectivity index (χ0v) is 20.4. The van der Waals surface area contributed by atoms with E-state index in [2.05, 4.69) is 15.2 Å². The average molecular weight is 485 g/mol. The smallest absolute Gasteiger partial charge is 0.196 e. The zero-order valence-electron chi connectivity index (χ0n) is 19.6. The lowest BCUT2D eigenvalue weighted by Gasteiger charge is -2.13. The normalized spacial score (nSPS) is 11.1. The van der Waals surface area contributed by atoms with Crippen molar-refractivity contribution in [3.63, 3.8) is 0 Å². The maximum atomic E-state index is 13.3. The number of fused-ring (bicyclic) bond motifs is 1. The Bertz CT molecular complexity index is 1510. The van der Waals surface area contributed by atoms with Crippen LogP contribution in [0.3, 0.4) is 0 Å². The van der Waals surface area contributed by atoms with Crippen LogP contribution in [-0.2, 0) is 0 Å². The Labute approximate surface area is 207 Å². The molecule has 0 radical (unpaired) electrons. The van der Waals surface area contributed by atoms with Gasteiger partial charge in [-0.15, -0.1) is 10.2 Å². The number of carbonyl (C=O) groups excluding carboxylic acids is 1. The molecule has 2 aromatic heterocycles. The molecule has 0 fully saturated rings. The van der Waals surface area contributed by atoms with Crippen LogP contribution in [0.2, 0.25) is 0 Å². The first-order chi connectivity index (χ1) is 17.1. The number of benzene rings is 3. The summed E-state index contributed by atoms with van der Waals surface area (Å²) < 4.78 is 12.9. The van der Waals surface area contributed by atoms with Crippen molar-refractivity contribution in [1.82, 2.24) is 19.7 Å². The summed E-state index contributed by atoms with van der Waals surface area (Å²) in [6.45, 7) is 1.93. The number of ketones is 1. The van der Waals surface area contributed by atoms with Gasteiger partial charge in [0.25, 0.3) is 0 Å². The summed E-state index contributed by atoms with van der Waals surface area (Å²) in [5, 5.41) is 10.5. The van der Waals surface area contributed by atoms with Gasteiger partial charge >= 0.3 is 0 Å². The molecule has 0 bridgehead atoms. The summed E-state index contributed by atoms with van der Waals surface area (Å²) in [6.07, 6.45) is 0. The average Bonchev–Trinajstić information content (AvgIpc) is 3.47. The number of ether oxygens (including phenoxy) is 2. The van der Waals surface area contributed by atoms with E-state index in [-0.39, 0.29) is 11.5 Å². The van der Waals surface area contributed by atoms with E-state index in [1.165, 1.54) is 11.8 Å². The van der Waals surface area contributed by atoms with Crippen molar-refractivity contribution < 1.29 is 14.3 Å². The number of nitrogens with one attached hydrogen (secondary N) is 1. The van der Waals surface area contributed by atoms with Gasteiger partial charge in [0.15, 0.2) is 28.3 Å². The Hall–Kier alpha value is -4.04. The number of para-hydroxylation sites is 1. The molecule has 0 spiro atoms. The SMILES string of the molecule is COc1ccc(-n2c(SCC(=O)c3c(C)[nH]c4ccccc34)nnc2-c2ccccc2)cc1OC. The van der Waals surface area contributed by atoms with Gasteiger partial charge in [-0.1, -0.05) is 60.3 Å². The topological polar surface area (TPSA) is 82.0 Å². The van der Waals surface area contributed by atoms with E-state index < -0.39 is 0 Å². The van der Waals surface area contributed by atoms with Gasteiger partial charge in [0.1, 0.15) is 0 Å². The van der Waals surface area contributed by atoms with Crippen molar-refractivity contribution in [3.05, 3.63) is 84.1 Å². The Morgan fingerprint density at radius 2 is 1.69 bits per heavy atom. The fourth-order valence-corrected chi connectivity index (χ4v) is 5.00. The second-order valence-corrected chi connectivity index (χ2v) is 8.87. The molecule has 5 rings (SSSR count). The van der Waals surface area contributed by atoms with Crippen LogP contribution in [0.5, 0.6) is 11.5 Å². The van der Waals surface area contributed by atoms with Crippen LogP contribution >= 0.6 is 11.8 Å². The van der Waals surface area contributed by atoms with Crippen LogP contribution in [0.15, 0.2) is 78.0 Å². The fraction of sp³-hybridized carbons (Fsp3) is 0.148. The van der Waals surface area contributed by atoms with Crippen molar-refractivity contribution >= 4 is 28.4 Å². The van der Waals surface area contributed by atoms with Crippen molar-refractivity contribution in [2.75, 3.05) is 20.0 Å². The summed E-state index contributed by atoms with van der Waals surface area (Å²) in [4.78, 5) is 16.6. The molecule has 0 amide bonds. The summed E-state index contributed by atoms with van der Waals surface area (Å²) in [6, 6.07) is 23.3. The number of Topliss-reactive ketones (excluding diaryl/α,β-unsaturated/α-hetero) is 1. The van der Waals surface area contributed by atoms with Crippen LogP contribution in [0.25, 0.3) is 28.0 Å². The molecule has 3 aromatic carbocycles. The van der Waals surface area contributed by atoms with Crippen LogP contribution in [0.4, 0.5) is 0 Å². The first-order valence-corrected chi connectivity index (χ1v) is 12.1.